The number of hydrogen-bond donors (Lipinski definition) is 2. The fraction of sp³-hybridized carbons (Fsp3) is 0.600. The number of aryl methyl sites for hydroxylation is 1. The summed E-state index contributed by atoms with van der Waals surface area (Å²) in [5.41, 5.74) is 0.557. The van der Waals surface area contributed by atoms with Crippen LogP contribution >= 0.6 is 0 Å². The predicted octanol–water partition coefficient (Wildman–Crippen LogP) is -0.863. The Balaban J connectivity index is 2.00. The highest BCUT2D eigenvalue weighted by molar-refractivity contribution is 5.92. The molecule has 6 heteroatoms. The highest BCUT2D eigenvalue weighted by atomic mass is 16.5. The maximum atomic E-state index is 11.9. The summed E-state index contributed by atoms with van der Waals surface area (Å²) >= 11 is 0. The van der Waals surface area contributed by atoms with Crippen molar-refractivity contribution in [3.05, 3.63) is 18.0 Å². The Morgan fingerprint density at radius 2 is 2.50 bits per heavy atom. The Hall–Kier alpha value is -1.40. The van der Waals surface area contributed by atoms with E-state index in [0.717, 1.165) is 13.1 Å². The molecule has 1 aliphatic heterocycles. The van der Waals surface area contributed by atoms with Gasteiger partial charge >= 0.3 is 0 Å². The Morgan fingerprint density at radius 1 is 1.69 bits per heavy atom. The molecule has 0 aliphatic carbocycles. The number of nitrogens with zero attached hydrogens (tertiary/aromatic N) is 2. The molecular weight excluding hydrogens is 208 g/mol. The molecule has 2 rings (SSSR count). The molecule has 2 N–H and O–H groups in total. The van der Waals surface area contributed by atoms with E-state index >= 15 is 0 Å². The van der Waals surface area contributed by atoms with E-state index in [4.69, 9.17) is 4.74 Å². The number of hydrogen-bond acceptors (Lipinski definition) is 4. The van der Waals surface area contributed by atoms with Crippen molar-refractivity contribution < 1.29 is 9.53 Å². The Kier molecular flexibility index (Phi) is 3.21. The summed E-state index contributed by atoms with van der Waals surface area (Å²) in [5.74, 6) is -0.115. The number of amides is 1. The third-order valence-electron chi connectivity index (χ3n) is 2.83. The maximum absolute atomic E-state index is 11.9. The van der Waals surface area contributed by atoms with Gasteiger partial charge in [-0.25, -0.2) is 0 Å². The summed E-state index contributed by atoms with van der Waals surface area (Å²) < 4.78 is 6.83. The van der Waals surface area contributed by atoms with Crippen LogP contribution in [0.15, 0.2) is 12.3 Å². The van der Waals surface area contributed by atoms with E-state index in [1.807, 2.05) is 0 Å². The molecule has 1 saturated heterocycles. The molecule has 2 unspecified atom stereocenters. The molecule has 0 saturated carbocycles. The van der Waals surface area contributed by atoms with Crippen LogP contribution in [0.1, 0.15) is 10.5 Å². The molecule has 0 bridgehead atoms. The molecule has 1 aromatic rings. The van der Waals surface area contributed by atoms with E-state index in [-0.39, 0.29) is 18.1 Å². The van der Waals surface area contributed by atoms with Crippen molar-refractivity contribution in [2.45, 2.75) is 12.1 Å². The number of methoxy groups -OCH3 is 1. The Labute approximate surface area is 94.0 Å². The quantitative estimate of drug-likeness (QED) is 0.701. The van der Waals surface area contributed by atoms with Gasteiger partial charge in [-0.3, -0.25) is 9.48 Å². The first-order chi connectivity index (χ1) is 7.72. The van der Waals surface area contributed by atoms with Gasteiger partial charge in [0.05, 0.1) is 12.1 Å². The number of ether oxygens (including phenoxy) is 1. The summed E-state index contributed by atoms with van der Waals surface area (Å²) in [6.07, 6.45) is 1.65. The zero-order valence-corrected chi connectivity index (χ0v) is 9.43. The minimum Gasteiger partial charge on any atom is -0.378 e. The molecule has 6 nitrogen and oxygen atoms in total. The average Bonchev–Trinajstić information content (AvgIpc) is 2.86. The van der Waals surface area contributed by atoms with Gasteiger partial charge < -0.3 is 15.4 Å². The van der Waals surface area contributed by atoms with Crippen molar-refractivity contribution in [3.8, 4) is 0 Å². The van der Waals surface area contributed by atoms with Crippen LogP contribution < -0.4 is 10.6 Å². The molecule has 0 aromatic carbocycles. The molecule has 2 heterocycles. The summed E-state index contributed by atoms with van der Waals surface area (Å²) in [4.78, 5) is 11.9. The lowest BCUT2D eigenvalue weighted by atomic mass is 10.2. The molecule has 0 radical (unpaired) electrons. The van der Waals surface area contributed by atoms with Crippen molar-refractivity contribution in [1.82, 2.24) is 20.4 Å². The highest BCUT2D eigenvalue weighted by Crippen LogP contribution is 2.05. The van der Waals surface area contributed by atoms with Crippen LogP contribution in [0.2, 0.25) is 0 Å². The van der Waals surface area contributed by atoms with E-state index < -0.39 is 0 Å². The smallest absolute Gasteiger partial charge is 0.269 e. The second kappa shape index (κ2) is 4.63. The van der Waals surface area contributed by atoms with Gasteiger partial charge in [-0.2, -0.15) is 5.10 Å². The van der Waals surface area contributed by atoms with Crippen molar-refractivity contribution in [3.63, 3.8) is 0 Å². The summed E-state index contributed by atoms with van der Waals surface area (Å²) in [6.45, 7) is 1.51. The first-order valence-corrected chi connectivity index (χ1v) is 5.24. The van der Waals surface area contributed by atoms with Gasteiger partial charge in [0, 0.05) is 33.4 Å². The van der Waals surface area contributed by atoms with E-state index in [9.17, 15) is 4.79 Å². The van der Waals surface area contributed by atoms with Crippen molar-refractivity contribution >= 4 is 5.91 Å². The number of carbonyl (C=O) groups is 1. The standard InChI is InChI=1S/C10H16N4O2/c1-14-8(3-4-12-14)10(15)13-7-5-11-6-9(7)16-2/h3-4,7,9,11H,5-6H2,1-2H3,(H,13,15). The van der Waals surface area contributed by atoms with Gasteiger partial charge in [0.1, 0.15) is 5.69 Å². The van der Waals surface area contributed by atoms with Gasteiger partial charge in [-0.1, -0.05) is 0 Å². The lowest BCUT2D eigenvalue weighted by molar-refractivity contribution is 0.0773. The monoisotopic (exact) mass is 224 g/mol. The zero-order chi connectivity index (χ0) is 11.5. The zero-order valence-electron chi connectivity index (χ0n) is 9.43. The van der Waals surface area contributed by atoms with Crippen LogP contribution in [-0.2, 0) is 11.8 Å². The molecule has 16 heavy (non-hydrogen) atoms. The van der Waals surface area contributed by atoms with E-state index in [1.165, 1.54) is 0 Å². The van der Waals surface area contributed by atoms with E-state index in [2.05, 4.69) is 15.7 Å². The van der Waals surface area contributed by atoms with Crippen molar-refractivity contribution in [1.29, 1.82) is 0 Å². The lowest BCUT2D eigenvalue weighted by Crippen LogP contribution is -2.44. The van der Waals surface area contributed by atoms with Crippen LogP contribution in [0, 0.1) is 0 Å². The largest absolute Gasteiger partial charge is 0.378 e. The molecule has 0 spiro atoms. The number of carbonyl (C=O) groups excluding carboxylic acids is 1. The van der Waals surface area contributed by atoms with Crippen molar-refractivity contribution in [2.75, 3.05) is 20.2 Å². The fourth-order valence-electron chi connectivity index (χ4n) is 1.89. The first kappa shape index (κ1) is 11.1. The van der Waals surface area contributed by atoms with E-state index in [0.29, 0.717) is 5.69 Å². The van der Waals surface area contributed by atoms with E-state index in [1.54, 1.807) is 31.1 Å². The third-order valence-corrected chi connectivity index (χ3v) is 2.83. The van der Waals surface area contributed by atoms with Crippen LogP contribution in [0.3, 0.4) is 0 Å². The molecule has 1 aliphatic rings. The number of rotatable bonds is 3. The summed E-state index contributed by atoms with van der Waals surface area (Å²) in [7, 11) is 3.40. The topological polar surface area (TPSA) is 68.2 Å². The average molecular weight is 224 g/mol. The normalized spacial score (nSPS) is 24.6. The van der Waals surface area contributed by atoms with Crippen LogP contribution in [0.5, 0.6) is 0 Å². The third kappa shape index (κ3) is 2.07. The molecule has 88 valence electrons. The summed E-state index contributed by atoms with van der Waals surface area (Å²) in [5, 5.41) is 10.1. The molecule has 1 amide bonds. The van der Waals surface area contributed by atoms with Gasteiger partial charge in [0.15, 0.2) is 0 Å². The molecule has 1 fully saturated rings. The van der Waals surface area contributed by atoms with Gasteiger partial charge in [-0.05, 0) is 6.07 Å². The van der Waals surface area contributed by atoms with Gasteiger partial charge in [0.2, 0.25) is 0 Å². The van der Waals surface area contributed by atoms with Crippen molar-refractivity contribution in [2.24, 2.45) is 7.05 Å². The SMILES string of the molecule is COC1CNCC1NC(=O)c1ccnn1C. The Morgan fingerprint density at radius 3 is 3.12 bits per heavy atom. The van der Waals surface area contributed by atoms with Crippen LogP contribution in [-0.4, -0.2) is 48.0 Å². The molecule has 1 aromatic heterocycles. The number of aromatic nitrogens is 2. The minimum absolute atomic E-state index is 0.0207. The lowest BCUT2D eigenvalue weighted by Gasteiger charge is -2.18. The fourth-order valence-corrected chi connectivity index (χ4v) is 1.89. The summed E-state index contributed by atoms with van der Waals surface area (Å²) in [6, 6.07) is 1.71. The van der Waals surface area contributed by atoms with Gasteiger partial charge in [0.25, 0.3) is 5.91 Å². The number of nitrogens with one attached hydrogen (secondary N) is 2. The Bertz CT molecular complexity index is 377. The maximum Gasteiger partial charge on any atom is 0.269 e. The molecular formula is C10H16N4O2. The minimum atomic E-state index is -0.115. The predicted molar refractivity (Wildman–Crippen MR) is 58.1 cm³/mol. The first-order valence-electron chi connectivity index (χ1n) is 5.24. The van der Waals surface area contributed by atoms with Gasteiger partial charge in [-0.15, -0.1) is 0 Å². The van der Waals surface area contributed by atoms with Crippen LogP contribution in [0.4, 0.5) is 0 Å². The highest BCUT2D eigenvalue weighted by Gasteiger charge is 2.28. The second-order valence-corrected chi connectivity index (χ2v) is 3.85. The van der Waals surface area contributed by atoms with Crippen LogP contribution in [0.25, 0.3) is 0 Å². The molecule has 2 atom stereocenters. The second-order valence-electron chi connectivity index (χ2n) is 3.85.